The van der Waals surface area contributed by atoms with Crippen LogP contribution in [0.25, 0.3) is 12.2 Å². The molecule has 1 heterocycles. The highest BCUT2D eigenvalue weighted by Crippen LogP contribution is 2.16. The quantitative estimate of drug-likeness (QED) is 0.783. The van der Waals surface area contributed by atoms with Gasteiger partial charge in [-0.2, -0.15) is 0 Å². The number of hydrogen-bond donors (Lipinski definition) is 0. The average Bonchev–Trinajstić information content (AvgIpc) is 2.40. The molecule has 2 heteroatoms. The highest BCUT2D eigenvalue weighted by molar-refractivity contribution is 5.31. The van der Waals surface area contributed by atoms with Crippen molar-refractivity contribution in [2.75, 3.05) is 0 Å². The van der Waals surface area contributed by atoms with E-state index in [0.717, 1.165) is 16.3 Å². The van der Waals surface area contributed by atoms with Gasteiger partial charge in [-0.15, -0.1) is 0 Å². The van der Waals surface area contributed by atoms with Gasteiger partial charge in [0.15, 0.2) is 0 Å². The fourth-order valence-electron chi connectivity index (χ4n) is 1.61. The summed E-state index contributed by atoms with van der Waals surface area (Å²) in [5, 5.41) is 2.06. The number of benzene rings is 1. The molecule has 0 saturated heterocycles. The Kier molecular flexibility index (Phi) is 3.55. The first-order valence-electron chi connectivity index (χ1n) is 5.66. The molecule has 0 spiro atoms. The molecule has 17 heavy (non-hydrogen) atoms. The van der Waals surface area contributed by atoms with Crippen molar-refractivity contribution in [3.05, 3.63) is 53.0 Å². The molecule has 0 fully saturated rings. The first-order chi connectivity index (χ1) is 8.33. The summed E-state index contributed by atoms with van der Waals surface area (Å²) in [6.45, 7) is 3.98. The fraction of sp³-hybridized carbons (Fsp3) is 0.133. The van der Waals surface area contributed by atoms with Crippen molar-refractivity contribution in [3.8, 4) is 11.6 Å². The van der Waals surface area contributed by atoms with Gasteiger partial charge in [0, 0.05) is 6.07 Å². The van der Waals surface area contributed by atoms with Crippen LogP contribution in [0.15, 0.2) is 42.5 Å². The number of ether oxygens (including phenoxy) is 1. The van der Waals surface area contributed by atoms with E-state index in [1.54, 1.807) is 0 Å². The highest BCUT2D eigenvalue weighted by atomic mass is 16.5. The van der Waals surface area contributed by atoms with Crippen LogP contribution in [0.3, 0.4) is 0 Å². The van der Waals surface area contributed by atoms with E-state index in [1.165, 1.54) is 0 Å². The smallest absolute Gasteiger partial charge is 0.219 e. The zero-order valence-electron chi connectivity index (χ0n) is 10.1. The molecule has 0 aliphatic rings. The maximum Gasteiger partial charge on any atom is 0.219 e. The first kappa shape index (κ1) is 11.4. The fourth-order valence-corrected chi connectivity index (χ4v) is 1.61. The molecule has 0 saturated carbocycles. The molecule has 1 aromatic heterocycles. The standard InChI is InChI=1S/C15H15NO/c1-3-12-10-11-15(16-14(12)4-2)17-13-8-6-5-7-9-13/h3-11H,1-2H3/b12-3-,14-4+. The SMILES string of the molecule is C/C=c1/ccc(Oc2ccccc2)n/c1=C/C. The molecule has 1 aromatic carbocycles. The predicted octanol–water partition coefficient (Wildman–Crippen LogP) is 2.47. The van der Waals surface area contributed by atoms with E-state index in [0.29, 0.717) is 5.88 Å². The van der Waals surface area contributed by atoms with Gasteiger partial charge in [-0.25, -0.2) is 4.98 Å². The van der Waals surface area contributed by atoms with Gasteiger partial charge < -0.3 is 4.74 Å². The normalized spacial score (nSPS) is 12.8. The molecule has 2 nitrogen and oxygen atoms in total. The monoisotopic (exact) mass is 225 g/mol. The van der Waals surface area contributed by atoms with Crippen LogP contribution < -0.4 is 15.3 Å². The van der Waals surface area contributed by atoms with Gasteiger partial charge in [-0.1, -0.05) is 30.4 Å². The molecule has 0 unspecified atom stereocenters. The van der Waals surface area contributed by atoms with E-state index in [1.807, 2.05) is 68.5 Å². The zero-order valence-corrected chi connectivity index (χ0v) is 10.1. The number of nitrogens with zero attached hydrogens (tertiary/aromatic N) is 1. The molecular weight excluding hydrogens is 210 g/mol. The van der Waals surface area contributed by atoms with E-state index >= 15 is 0 Å². The van der Waals surface area contributed by atoms with Crippen molar-refractivity contribution in [3.63, 3.8) is 0 Å². The summed E-state index contributed by atoms with van der Waals surface area (Å²) in [6, 6.07) is 13.6. The van der Waals surface area contributed by atoms with E-state index in [9.17, 15) is 0 Å². The van der Waals surface area contributed by atoms with Crippen LogP contribution in [0.2, 0.25) is 0 Å². The minimum absolute atomic E-state index is 0.620. The Morgan fingerprint density at radius 3 is 2.35 bits per heavy atom. The molecule has 0 N–H and O–H groups in total. The van der Waals surface area contributed by atoms with Gasteiger partial charge in [0.2, 0.25) is 5.88 Å². The van der Waals surface area contributed by atoms with Gasteiger partial charge in [0.05, 0.1) is 5.35 Å². The summed E-state index contributed by atoms with van der Waals surface area (Å²) in [7, 11) is 0. The summed E-state index contributed by atoms with van der Waals surface area (Å²) in [5.74, 6) is 1.42. The third-order valence-electron chi connectivity index (χ3n) is 2.48. The van der Waals surface area contributed by atoms with Gasteiger partial charge in [0.1, 0.15) is 5.75 Å². The topological polar surface area (TPSA) is 22.1 Å². The maximum atomic E-state index is 5.68. The van der Waals surface area contributed by atoms with Gasteiger partial charge in [0.25, 0.3) is 0 Å². The van der Waals surface area contributed by atoms with Crippen molar-refractivity contribution in [1.29, 1.82) is 0 Å². The second kappa shape index (κ2) is 5.30. The summed E-state index contributed by atoms with van der Waals surface area (Å²) in [6.07, 6.45) is 4.02. The first-order valence-corrected chi connectivity index (χ1v) is 5.66. The Balaban J connectivity index is 2.36. The van der Waals surface area contributed by atoms with Crippen LogP contribution in [-0.2, 0) is 0 Å². The van der Waals surface area contributed by atoms with E-state index < -0.39 is 0 Å². The largest absolute Gasteiger partial charge is 0.439 e. The molecule has 0 atom stereocenters. The number of hydrogen-bond acceptors (Lipinski definition) is 2. The van der Waals surface area contributed by atoms with Gasteiger partial charge >= 0.3 is 0 Å². The maximum absolute atomic E-state index is 5.68. The Morgan fingerprint density at radius 2 is 1.71 bits per heavy atom. The minimum atomic E-state index is 0.620. The van der Waals surface area contributed by atoms with Crippen LogP contribution in [0.4, 0.5) is 0 Å². The van der Waals surface area contributed by atoms with E-state index in [-0.39, 0.29) is 0 Å². The predicted molar refractivity (Wildman–Crippen MR) is 70.3 cm³/mol. The molecule has 0 amide bonds. The number of aromatic nitrogens is 1. The molecule has 2 aromatic rings. The molecule has 0 aliphatic heterocycles. The molecule has 0 bridgehead atoms. The summed E-state index contributed by atoms with van der Waals surface area (Å²) >= 11 is 0. The second-order valence-electron chi connectivity index (χ2n) is 3.62. The Morgan fingerprint density at radius 1 is 0.941 bits per heavy atom. The number of pyridine rings is 1. The van der Waals surface area contributed by atoms with E-state index in [4.69, 9.17) is 4.74 Å². The highest BCUT2D eigenvalue weighted by Gasteiger charge is 1.97. The molecule has 0 radical (unpaired) electrons. The summed E-state index contributed by atoms with van der Waals surface area (Å²) in [5.41, 5.74) is 0. The Labute approximate surface area is 101 Å². The van der Waals surface area contributed by atoms with Crippen molar-refractivity contribution in [2.45, 2.75) is 13.8 Å². The lowest BCUT2D eigenvalue weighted by atomic mass is 10.3. The number of rotatable bonds is 2. The average molecular weight is 225 g/mol. The van der Waals surface area contributed by atoms with Crippen LogP contribution in [0.5, 0.6) is 11.6 Å². The zero-order chi connectivity index (χ0) is 12.1. The second-order valence-corrected chi connectivity index (χ2v) is 3.62. The summed E-state index contributed by atoms with van der Waals surface area (Å²) in [4.78, 5) is 4.45. The summed E-state index contributed by atoms with van der Waals surface area (Å²) < 4.78 is 5.68. The Hall–Kier alpha value is -2.09. The van der Waals surface area contributed by atoms with Crippen molar-refractivity contribution in [1.82, 2.24) is 4.98 Å². The van der Waals surface area contributed by atoms with Crippen LogP contribution in [0, 0.1) is 0 Å². The van der Waals surface area contributed by atoms with Gasteiger partial charge in [-0.3, -0.25) is 0 Å². The lowest BCUT2D eigenvalue weighted by Gasteiger charge is -2.03. The van der Waals surface area contributed by atoms with E-state index in [2.05, 4.69) is 4.98 Å². The van der Waals surface area contributed by atoms with Crippen LogP contribution >= 0.6 is 0 Å². The third-order valence-corrected chi connectivity index (χ3v) is 2.48. The lowest BCUT2D eigenvalue weighted by molar-refractivity contribution is 0.461. The Bertz CT molecular complexity index is 603. The number of para-hydroxylation sites is 1. The van der Waals surface area contributed by atoms with Crippen molar-refractivity contribution in [2.24, 2.45) is 0 Å². The van der Waals surface area contributed by atoms with Crippen molar-refractivity contribution >= 4 is 12.2 Å². The van der Waals surface area contributed by atoms with Crippen LogP contribution in [-0.4, -0.2) is 4.98 Å². The van der Waals surface area contributed by atoms with Crippen LogP contribution in [0.1, 0.15) is 13.8 Å². The molecule has 2 rings (SSSR count). The molecule has 0 aliphatic carbocycles. The van der Waals surface area contributed by atoms with Crippen molar-refractivity contribution < 1.29 is 4.74 Å². The minimum Gasteiger partial charge on any atom is -0.439 e. The molecule has 86 valence electrons. The third kappa shape index (κ3) is 2.72. The molecular formula is C15H15NO. The van der Waals surface area contributed by atoms with Gasteiger partial charge in [-0.05, 0) is 37.3 Å². The lowest BCUT2D eigenvalue weighted by Crippen LogP contribution is -2.27.